The fourth-order valence-corrected chi connectivity index (χ4v) is 2.15. The van der Waals surface area contributed by atoms with Crippen molar-refractivity contribution in [3.05, 3.63) is 70.7 Å². The molecule has 1 aromatic heterocycles. The van der Waals surface area contributed by atoms with Crippen LogP contribution in [-0.2, 0) is 0 Å². The lowest BCUT2D eigenvalue weighted by Crippen LogP contribution is -1.90. The molecule has 2 aromatic carbocycles. The van der Waals surface area contributed by atoms with E-state index in [-0.39, 0.29) is 11.3 Å². The van der Waals surface area contributed by atoms with Crippen LogP contribution >= 0.6 is 0 Å². The van der Waals surface area contributed by atoms with Crippen LogP contribution in [0, 0.1) is 28.8 Å². The van der Waals surface area contributed by atoms with Gasteiger partial charge in [0.25, 0.3) is 0 Å². The van der Waals surface area contributed by atoms with Gasteiger partial charge in [-0.05, 0) is 17.7 Å². The number of hydrogen-bond acceptors (Lipinski definition) is 3. The van der Waals surface area contributed by atoms with Crippen LogP contribution in [-0.4, -0.2) is 15.4 Å². The Morgan fingerprint density at radius 2 is 1.75 bits per heavy atom. The van der Waals surface area contributed by atoms with Gasteiger partial charge in [0, 0.05) is 17.2 Å². The zero-order valence-electron chi connectivity index (χ0n) is 12.1. The first kappa shape index (κ1) is 15.5. The van der Waals surface area contributed by atoms with Gasteiger partial charge in [0.15, 0.2) is 17.3 Å². The molecule has 0 fully saturated rings. The molecular weight excluding hydrogens is 317 g/mol. The summed E-state index contributed by atoms with van der Waals surface area (Å²) in [5.74, 6) is -3.21. The minimum absolute atomic E-state index is 0.0709. The van der Waals surface area contributed by atoms with E-state index in [1.807, 2.05) is 6.07 Å². The summed E-state index contributed by atoms with van der Waals surface area (Å²) < 4.78 is 39.7. The molecule has 118 valence electrons. The van der Waals surface area contributed by atoms with Crippen molar-refractivity contribution in [1.82, 2.24) is 15.4 Å². The molecule has 0 unspecified atom stereocenters. The summed E-state index contributed by atoms with van der Waals surface area (Å²) in [6.45, 7) is 0. The van der Waals surface area contributed by atoms with Gasteiger partial charge in [-0.1, -0.05) is 30.4 Å². The maximum absolute atomic E-state index is 13.6. The lowest BCUT2D eigenvalue weighted by atomic mass is 10.1. The highest BCUT2D eigenvalue weighted by Gasteiger charge is 2.10. The number of hydrogen-bond donors (Lipinski definition) is 1. The molecular formula is C17H9F3N4. The maximum Gasteiger partial charge on any atom is 0.190 e. The smallest absolute Gasteiger partial charge is 0.190 e. The standard InChI is InChI=1S/C17H9F3N4/c18-13-8-15(20)14(19)7-11(13)5-4-10-2-1-3-12(6-10)17-16(9-21)22-24-23-17/h1-8H,(H,22,23,24)/b5-4+. The number of nitrogens with one attached hydrogen (secondary N) is 1. The molecule has 0 bridgehead atoms. The predicted octanol–water partition coefficient (Wildman–Crippen LogP) is 3.93. The minimum Gasteiger partial charge on any atom is -0.206 e. The van der Waals surface area contributed by atoms with Crippen LogP contribution < -0.4 is 0 Å². The van der Waals surface area contributed by atoms with E-state index in [4.69, 9.17) is 5.26 Å². The fraction of sp³-hybridized carbons (Fsp3) is 0. The molecule has 0 spiro atoms. The van der Waals surface area contributed by atoms with Crippen molar-refractivity contribution in [3.63, 3.8) is 0 Å². The highest BCUT2D eigenvalue weighted by molar-refractivity contribution is 5.74. The summed E-state index contributed by atoms with van der Waals surface area (Å²) in [5.41, 5.74) is 1.80. The third-order valence-corrected chi connectivity index (χ3v) is 3.31. The first-order valence-corrected chi connectivity index (χ1v) is 6.82. The highest BCUT2D eigenvalue weighted by Crippen LogP contribution is 2.22. The zero-order valence-corrected chi connectivity index (χ0v) is 12.1. The average molecular weight is 326 g/mol. The fourth-order valence-electron chi connectivity index (χ4n) is 2.15. The number of halogens is 3. The molecule has 0 saturated heterocycles. The van der Waals surface area contributed by atoms with Gasteiger partial charge < -0.3 is 0 Å². The topological polar surface area (TPSA) is 65.4 Å². The first-order chi connectivity index (χ1) is 11.6. The van der Waals surface area contributed by atoms with Crippen molar-refractivity contribution < 1.29 is 13.2 Å². The van der Waals surface area contributed by atoms with Crippen molar-refractivity contribution in [1.29, 1.82) is 5.26 Å². The van der Waals surface area contributed by atoms with Crippen molar-refractivity contribution in [2.75, 3.05) is 0 Å². The summed E-state index contributed by atoms with van der Waals surface area (Å²) in [6.07, 6.45) is 2.89. The molecule has 0 aliphatic rings. The third kappa shape index (κ3) is 3.03. The van der Waals surface area contributed by atoms with E-state index in [0.717, 1.165) is 6.07 Å². The van der Waals surface area contributed by atoms with E-state index in [9.17, 15) is 13.2 Å². The van der Waals surface area contributed by atoms with Crippen molar-refractivity contribution >= 4 is 12.2 Å². The van der Waals surface area contributed by atoms with Crippen molar-refractivity contribution in [2.45, 2.75) is 0 Å². The lowest BCUT2D eigenvalue weighted by molar-refractivity contribution is 0.494. The summed E-state index contributed by atoms with van der Waals surface area (Å²) in [7, 11) is 0. The van der Waals surface area contributed by atoms with Crippen LogP contribution in [0.15, 0.2) is 36.4 Å². The number of nitrogens with zero attached hydrogens (tertiary/aromatic N) is 3. The monoisotopic (exact) mass is 326 g/mol. The van der Waals surface area contributed by atoms with Crippen LogP contribution in [0.5, 0.6) is 0 Å². The quantitative estimate of drug-likeness (QED) is 0.586. The third-order valence-electron chi connectivity index (χ3n) is 3.31. The molecule has 1 heterocycles. The number of nitriles is 1. The Morgan fingerprint density at radius 3 is 2.54 bits per heavy atom. The summed E-state index contributed by atoms with van der Waals surface area (Å²) >= 11 is 0. The predicted molar refractivity (Wildman–Crippen MR) is 81.8 cm³/mol. The summed E-state index contributed by atoms with van der Waals surface area (Å²) in [4.78, 5) is 0. The van der Waals surface area contributed by atoms with Crippen LogP contribution in [0.2, 0.25) is 0 Å². The molecule has 1 N–H and O–H groups in total. The molecule has 24 heavy (non-hydrogen) atoms. The maximum atomic E-state index is 13.6. The van der Waals surface area contributed by atoms with E-state index in [1.54, 1.807) is 30.3 Å². The number of aromatic nitrogens is 3. The Morgan fingerprint density at radius 1 is 0.958 bits per heavy atom. The highest BCUT2D eigenvalue weighted by atomic mass is 19.2. The molecule has 3 rings (SSSR count). The van der Waals surface area contributed by atoms with Crippen LogP contribution in [0.25, 0.3) is 23.4 Å². The molecule has 0 saturated carbocycles. The Kier molecular flexibility index (Phi) is 4.12. The van der Waals surface area contributed by atoms with E-state index in [0.29, 0.717) is 22.9 Å². The first-order valence-electron chi connectivity index (χ1n) is 6.82. The average Bonchev–Trinajstić information content (AvgIpc) is 3.06. The van der Waals surface area contributed by atoms with E-state index in [1.165, 1.54) is 6.08 Å². The van der Waals surface area contributed by atoms with Crippen LogP contribution in [0.3, 0.4) is 0 Å². The molecule has 3 aromatic rings. The molecule has 4 nitrogen and oxygen atoms in total. The second-order valence-electron chi connectivity index (χ2n) is 4.88. The number of benzene rings is 2. The lowest BCUT2D eigenvalue weighted by Gasteiger charge is -2.01. The Hall–Kier alpha value is -3.40. The SMILES string of the molecule is N#Cc1n[nH]nc1-c1cccc(/C=C/c2cc(F)c(F)cc2F)c1. The molecule has 0 aliphatic carbocycles. The van der Waals surface area contributed by atoms with Crippen molar-refractivity contribution in [2.24, 2.45) is 0 Å². The summed E-state index contributed by atoms with van der Waals surface area (Å²) in [6, 6.07) is 10.1. The second kappa shape index (κ2) is 6.38. The summed E-state index contributed by atoms with van der Waals surface area (Å²) in [5, 5.41) is 19.0. The Bertz CT molecular complexity index is 970. The van der Waals surface area contributed by atoms with Gasteiger partial charge in [-0.25, -0.2) is 13.2 Å². The number of rotatable bonds is 3. The zero-order chi connectivity index (χ0) is 17.1. The molecule has 0 atom stereocenters. The molecule has 0 amide bonds. The molecule has 7 heteroatoms. The molecule has 0 aliphatic heterocycles. The van der Waals surface area contributed by atoms with Gasteiger partial charge in [0.05, 0.1) is 0 Å². The number of aromatic amines is 1. The van der Waals surface area contributed by atoms with Gasteiger partial charge in [0.1, 0.15) is 17.6 Å². The van der Waals surface area contributed by atoms with Gasteiger partial charge in [-0.2, -0.15) is 15.6 Å². The Labute approximate surface area is 134 Å². The van der Waals surface area contributed by atoms with Crippen molar-refractivity contribution in [3.8, 4) is 17.3 Å². The second-order valence-corrected chi connectivity index (χ2v) is 4.88. The van der Waals surface area contributed by atoms with E-state index >= 15 is 0 Å². The number of H-pyrrole nitrogens is 1. The van der Waals surface area contributed by atoms with Crippen LogP contribution in [0.4, 0.5) is 13.2 Å². The molecule has 0 radical (unpaired) electrons. The van der Waals surface area contributed by atoms with E-state index in [2.05, 4.69) is 15.4 Å². The van der Waals surface area contributed by atoms with Gasteiger partial charge >= 0.3 is 0 Å². The van der Waals surface area contributed by atoms with Gasteiger partial charge in [-0.15, -0.1) is 5.10 Å². The van der Waals surface area contributed by atoms with Crippen LogP contribution in [0.1, 0.15) is 16.8 Å². The normalized spacial score (nSPS) is 10.9. The van der Waals surface area contributed by atoms with E-state index < -0.39 is 17.5 Å². The Balaban J connectivity index is 1.93. The minimum atomic E-state index is -1.23. The largest absolute Gasteiger partial charge is 0.206 e. The van der Waals surface area contributed by atoms with Gasteiger partial charge in [0.2, 0.25) is 0 Å². The van der Waals surface area contributed by atoms with Gasteiger partial charge in [-0.3, -0.25) is 0 Å².